The van der Waals surface area contributed by atoms with Gasteiger partial charge in [-0.1, -0.05) is 12.1 Å². The lowest BCUT2D eigenvalue weighted by Crippen LogP contribution is -2.17. The third-order valence-corrected chi connectivity index (χ3v) is 3.61. The first-order chi connectivity index (χ1) is 9.29. The number of nitrogens with one attached hydrogen (secondary N) is 1. The van der Waals surface area contributed by atoms with Crippen LogP contribution in [0.15, 0.2) is 41.1 Å². The van der Waals surface area contributed by atoms with Crippen molar-refractivity contribution < 1.29 is 4.74 Å². The summed E-state index contributed by atoms with van der Waals surface area (Å²) in [6.45, 7) is 3.10. The van der Waals surface area contributed by atoms with Gasteiger partial charge in [0.05, 0.1) is 0 Å². The van der Waals surface area contributed by atoms with Crippen molar-refractivity contribution in [3.8, 4) is 11.8 Å². The summed E-state index contributed by atoms with van der Waals surface area (Å²) < 4.78 is 5.23. The van der Waals surface area contributed by atoms with E-state index in [-0.39, 0.29) is 12.6 Å². The van der Waals surface area contributed by atoms with Gasteiger partial charge in [-0.15, -0.1) is 0 Å². The molecule has 1 N–H and O–H groups in total. The molecule has 2 rings (SSSR count). The maximum absolute atomic E-state index is 8.45. The van der Waals surface area contributed by atoms with Gasteiger partial charge in [-0.25, -0.2) is 0 Å². The maximum atomic E-state index is 8.45. The molecular weight excluding hydrogens is 256 g/mol. The Morgan fingerprint density at radius 3 is 2.74 bits per heavy atom. The molecular formula is C15H16N2OS. The second-order valence-electron chi connectivity index (χ2n) is 4.25. The highest BCUT2D eigenvalue weighted by Gasteiger charge is 2.05. The molecule has 0 radical (unpaired) electrons. The topological polar surface area (TPSA) is 45.0 Å². The molecule has 19 heavy (non-hydrogen) atoms. The predicted octanol–water partition coefficient (Wildman–Crippen LogP) is 3.50. The third-order valence-electron chi connectivity index (χ3n) is 2.88. The normalized spacial score (nSPS) is 11.8. The van der Waals surface area contributed by atoms with Crippen molar-refractivity contribution in [3.63, 3.8) is 0 Å². The van der Waals surface area contributed by atoms with E-state index in [2.05, 4.69) is 29.1 Å². The first-order valence-corrected chi connectivity index (χ1v) is 7.08. The minimum absolute atomic E-state index is 0.0886. The Bertz CT molecular complexity index is 528. The highest BCUT2D eigenvalue weighted by molar-refractivity contribution is 7.07. The summed E-state index contributed by atoms with van der Waals surface area (Å²) in [5, 5.41) is 16.2. The minimum atomic E-state index is 0.0886. The van der Waals surface area contributed by atoms with Crippen LogP contribution in [0.3, 0.4) is 0 Å². The first-order valence-electron chi connectivity index (χ1n) is 6.14. The summed E-state index contributed by atoms with van der Waals surface area (Å²) in [5.41, 5.74) is 2.52. The van der Waals surface area contributed by atoms with Gasteiger partial charge in [0.25, 0.3) is 0 Å². The van der Waals surface area contributed by atoms with Gasteiger partial charge in [0.1, 0.15) is 11.8 Å². The molecule has 0 aliphatic rings. The van der Waals surface area contributed by atoms with E-state index in [1.165, 1.54) is 11.1 Å². The predicted molar refractivity (Wildman–Crippen MR) is 77.1 cm³/mol. The van der Waals surface area contributed by atoms with Crippen LogP contribution in [0.1, 0.15) is 24.1 Å². The molecule has 0 saturated heterocycles. The smallest absolute Gasteiger partial charge is 0.174 e. The van der Waals surface area contributed by atoms with Crippen molar-refractivity contribution in [3.05, 3.63) is 52.2 Å². The number of nitrogens with zero attached hydrogens (tertiary/aromatic N) is 1. The van der Waals surface area contributed by atoms with E-state index in [9.17, 15) is 0 Å². The summed E-state index contributed by atoms with van der Waals surface area (Å²) in [7, 11) is 0. The zero-order valence-corrected chi connectivity index (χ0v) is 11.6. The molecule has 2 aromatic rings. The van der Waals surface area contributed by atoms with Crippen LogP contribution >= 0.6 is 11.3 Å². The quantitative estimate of drug-likeness (QED) is 0.875. The van der Waals surface area contributed by atoms with E-state index in [0.29, 0.717) is 0 Å². The fraction of sp³-hybridized carbons (Fsp3) is 0.267. The van der Waals surface area contributed by atoms with Gasteiger partial charge in [0.2, 0.25) is 0 Å². The molecule has 0 saturated carbocycles. The third kappa shape index (κ3) is 4.09. The molecule has 98 valence electrons. The number of hydrogen-bond donors (Lipinski definition) is 1. The van der Waals surface area contributed by atoms with Crippen LogP contribution in [0, 0.1) is 11.3 Å². The zero-order valence-electron chi connectivity index (χ0n) is 10.8. The number of hydrogen-bond acceptors (Lipinski definition) is 4. The average Bonchev–Trinajstić information content (AvgIpc) is 2.96. The van der Waals surface area contributed by atoms with Crippen molar-refractivity contribution >= 4 is 11.3 Å². The van der Waals surface area contributed by atoms with E-state index in [1.807, 2.05) is 30.3 Å². The van der Waals surface area contributed by atoms with Gasteiger partial charge in [0, 0.05) is 12.6 Å². The molecule has 1 aromatic carbocycles. The molecule has 0 aliphatic heterocycles. The highest BCUT2D eigenvalue weighted by Crippen LogP contribution is 2.18. The molecule has 0 aliphatic carbocycles. The molecule has 3 nitrogen and oxygen atoms in total. The second kappa shape index (κ2) is 6.93. The maximum Gasteiger partial charge on any atom is 0.174 e. The molecule has 0 bridgehead atoms. The van der Waals surface area contributed by atoms with Crippen molar-refractivity contribution in [2.24, 2.45) is 0 Å². The Morgan fingerprint density at radius 2 is 2.11 bits per heavy atom. The fourth-order valence-corrected chi connectivity index (χ4v) is 2.42. The second-order valence-corrected chi connectivity index (χ2v) is 5.03. The minimum Gasteiger partial charge on any atom is -0.479 e. The lowest BCUT2D eigenvalue weighted by Gasteiger charge is -2.14. The Hall–Kier alpha value is -1.83. The van der Waals surface area contributed by atoms with E-state index in [1.54, 1.807) is 11.3 Å². The molecule has 1 unspecified atom stereocenters. The Balaban J connectivity index is 1.88. The molecule has 0 spiro atoms. The molecule has 1 atom stereocenters. The van der Waals surface area contributed by atoms with Gasteiger partial charge in [-0.05, 0) is 47.0 Å². The molecule has 1 aromatic heterocycles. The first kappa shape index (κ1) is 13.6. The van der Waals surface area contributed by atoms with Crippen molar-refractivity contribution in [2.75, 3.05) is 6.61 Å². The number of thiophene rings is 1. The van der Waals surface area contributed by atoms with Gasteiger partial charge in [0.15, 0.2) is 6.61 Å². The summed E-state index contributed by atoms with van der Waals surface area (Å²) in [6.07, 6.45) is 0. The van der Waals surface area contributed by atoms with Crippen LogP contribution in [-0.4, -0.2) is 6.61 Å². The van der Waals surface area contributed by atoms with E-state index in [0.717, 1.165) is 12.3 Å². The summed E-state index contributed by atoms with van der Waals surface area (Å²) in [4.78, 5) is 0. The number of nitriles is 1. The van der Waals surface area contributed by atoms with Crippen LogP contribution in [-0.2, 0) is 6.54 Å². The lowest BCUT2D eigenvalue weighted by atomic mass is 10.1. The number of benzene rings is 1. The van der Waals surface area contributed by atoms with Gasteiger partial charge >= 0.3 is 0 Å². The molecule has 1 heterocycles. The molecule has 0 amide bonds. The van der Waals surface area contributed by atoms with Crippen molar-refractivity contribution in [1.29, 1.82) is 5.26 Å². The highest BCUT2D eigenvalue weighted by atomic mass is 32.1. The van der Waals surface area contributed by atoms with Crippen LogP contribution in [0.2, 0.25) is 0 Å². The molecule has 0 fully saturated rings. The SMILES string of the molecule is CC(NCc1ccsc1)c1ccc(OCC#N)cc1. The Labute approximate surface area is 117 Å². The molecule has 4 heteroatoms. The van der Waals surface area contributed by atoms with Gasteiger partial charge < -0.3 is 10.1 Å². The Kier molecular flexibility index (Phi) is 4.96. The van der Waals surface area contributed by atoms with Crippen molar-refractivity contribution in [2.45, 2.75) is 19.5 Å². The van der Waals surface area contributed by atoms with Crippen LogP contribution in [0.5, 0.6) is 5.75 Å². The van der Waals surface area contributed by atoms with Crippen LogP contribution in [0.4, 0.5) is 0 Å². The van der Waals surface area contributed by atoms with Gasteiger partial charge in [-0.3, -0.25) is 0 Å². The average molecular weight is 272 g/mol. The summed E-state index contributed by atoms with van der Waals surface area (Å²) in [5.74, 6) is 0.732. The van der Waals surface area contributed by atoms with E-state index in [4.69, 9.17) is 10.00 Å². The monoisotopic (exact) mass is 272 g/mol. The van der Waals surface area contributed by atoms with Crippen LogP contribution < -0.4 is 10.1 Å². The van der Waals surface area contributed by atoms with E-state index < -0.39 is 0 Å². The Morgan fingerprint density at radius 1 is 1.32 bits per heavy atom. The summed E-state index contributed by atoms with van der Waals surface area (Å²) >= 11 is 1.71. The largest absolute Gasteiger partial charge is 0.479 e. The number of rotatable bonds is 6. The van der Waals surface area contributed by atoms with Crippen LogP contribution in [0.25, 0.3) is 0 Å². The standard InChI is InChI=1S/C15H16N2OS/c1-12(17-10-13-6-9-19-11-13)14-2-4-15(5-3-14)18-8-7-16/h2-6,9,11-12,17H,8,10H2,1H3. The number of ether oxygens (including phenoxy) is 1. The summed E-state index contributed by atoms with van der Waals surface area (Å²) in [6, 6.07) is 12.2. The van der Waals surface area contributed by atoms with Crippen molar-refractivity contribution in [1.82, 2.24) is 5.32 Å². The fourth-order valence-electron chi connectivity index (χ4n) is 1.75. The van der Waals surface area contributed by atoms with E-state index >= 15 is 0 Å². The zero-order chi connectivity index (χ0) is 13.5. The lowest BCUT2D eigenvalue weighted by molar-refractivity contribution is 0.368. The van der Waals surface area contributed by atoms with Gasteiger partial charge in [-0.2, -0.15) is 16.6 Å².